The van der Waals surface area contributed by atoms with Crippen molar-refractivity contribution in [3.05, 3.63) is 52.6 Å². The zero-order valence-corrected chi connectivity index (χ0v) is 16.4. The van der Waals surface area contributed by atoms with E-state index in [0.29, 0.717) is 43.3 Å². The molecule has 0 radical (unpaired) electrons. The summed E-state index contributed by atoms with van der Waals surface area (Å²) in [5.74, 6) is -0.540. The highest BCUT2D eigenvalue weighted by atomic mass is 16.6. The van der Waals surface area contributed by atoms with Gasteiger partial charge in [-0.25, -0.2) is 4.98 Å². The summed E-state index contributed by atoms with van der Waals surface area (Å²) >= 11 is 0. The lowest BCUT2D eigenvalue weighted by atomic mass is 10.1. The van der Waals surface area contributed by atoms with Gasteiger partial charge in [-0.15, -0.1) is 0 Å². The first-order valence-electron chi connectivity index (χ1n) is 9.42. The van der Waals surface area contributed by atoms with E-state index in [-0.39, 0.29) is 11.7 Å². The van der Waals surface area contributed by atoms with E-state index >= 15 is 0 Å². The molecule has 1 aliphatic rings. The van der Waals surface area contributed by atoms with Gasteiger partial charge in [0, 0.05) is 43.9 Å². The second kappa shape index (κ2) is 8.68. The number of hydrogen-bond donors (Lipinski definition) is 1. The highest BCUT2D eigenvalue weighted by Gasteiger charge is 2.27. The maximum absolute atomic E-state index is 12.2. The predicted molar refractivity (Wildman–Crippen MR) is 108 cm³/mol. The van der Waals surface area contributed by atoms with Crippen molar-refractivity contribution in [1.29, 1.82) is 0 Å². The Balaban J connectivity index is 1.75. The summed E-state index contributed by atoms with van der Waals surface area (Å²) in [6, 6.07) is 12.0. The van der Waals surface area contributed by atoms with Gasteiger partial charge in [0.1, 0.15) is 5.82 Å². The molecule has 2 aromatic rings. The monoisotopic (exact) mass is 397 g/mol. The van der Waals surface area contributed by atoms with Crippen LogP contribution in [0.2, 0.25) is 0 Å². The Labute approximate surface area is 168 Å². The summed E-state index contributed by atoms with van der Waals surface area (Å²) in [6.07, 6.45) is 0. The van der Waals surface area contributed by atoms with Crippen molar-refractivity contribution in [3.63, 3.8) is 0 Å². The van der Waals surface area contributed by atoms with Crippen LogP contribution in [0.3, 0.4) is 0 Å². The van der Waals surface area contributed by atoms with Crippen LogP contribution in [0.1, 0.15) is 13.8 Å². The van der Waals surface area contributed by atoms with Crippen molar-refractivity contribution in [2.24, 2.45) is 0 Å². The minimum atomic E-state index is -0.603. The van der Waals surface area contributed by atoms with Crippen LogP contribution in [0.25, 0.3) is 11.3 Å². The molecule has 0 atom stereocenters. The van der Waals surface area contributed by atoms with E-state index < -0.39 is 16.7 Å². The lowest BCUT2D eigenvalue weighted by molar-refractivity contribution is -0.384. The summed E-state index contributed by atoms with van der Waals surface area (Å²) in [5.41, 5.74) is 0.919. The Hall–Kier alpha value is -3.49. The van der Waals surface area contributed by atoms with Gasteiger partial charge in [-0.3, -0.25) is 19.7 Å². The van der Waals surface area contributed by atoms with E-state index in [4.69, 9.17) is 0 Å². The summed E-state index contributed by atoms with van der Waals surface area (Å²) in [7, 11) is 0. The zero-order chi connectivity index (χ0) is 21.0. The van der Waals surface area contributed by atoms with Crippen LogP contribution in [0.4, 0.5) is 11.5 Å². The van der Waals surface area contributed by atoms with Crippen LogP contribution >= 0.6 is 0 Å². The minimum absolute atomic E-state index is 0.0564. The predicted octanol–water partition coefficient (Wildman–Crippen LogP) is 1.83. The third kappa shape index (κ3) is 4.68. The lowest BCUT2D eigenvalue weighted by Gasteiger charge is -2.35. The maximum Gasteiger partial charge on any atom is 0.312 e. The van der Waals surface area contributed by atoms with Gasteiger partial charge >= 0.3 is 11.8 Å². The third-order valence-corrected chi connectivity index (χ3v) is 4.61. The number of carbonyl (C=O) groups excluding carboxylic acids is 2. The molecule has 9 heteroatoms. The number of aromatic nitrogens is 1. The fourth-order valence-electron chi connectivity index (χ4n) is 3.18. The summed E-state index contributed by atoms with van der Waals surface area (Å²) in [6.45, 7) is 5.33. The van der Waals surface area contributed by atoms with E-state index in [2.05, 4.69) is 10.3 Å². The average Bonchev–Trinajstić information content (AvgIpc) is 2.73. The quantitative estimate of drug-likeness (QED) is 0.479. The molecule has 1 aromatic heterocycles. The summed E-state index contributed by atoms with van der Waals surface area (Å²) < 4.78 is 0. The van der Waals surface area contributed by atoms with Crippen LogP contribution in [0.5, 0.6) is 0 Å². The number of hydrogen-bond acceptors (Lipinski definition) is 6. The number of rotatable bonds is 4. The van der Waals surface area contributed by atoms with Gasteiger partial charge in [-0.05, 0) is 19.9 Å². The standard InChI is InChI=1S/C20H23N5O4/c1-14(2)21-19(26)20(27)24-12-10-23(11-13-24)17-9-8-16(25(28)29)18(22-17)15-6-4-3-5-7-15/h3-9,14H,10-13H2,1-2H3,(H,21,26). The van der Waals surface area contributed by atoms with E-state index in [1.807, 2.05) is 11.0 Å². The third-order valence-electron chi connectivity index (χ3n) is 4.61. The first-order chi connectivity index (χ1) is 13.9. The van der Waals surface area contributed by atoms with Crippen molar-refractivity contribution >= 4 is 23.3 Å². The van der Waals surface area contributed by atoms with Gasteiger partial charge in [0.2, 0.25) is 0 Å². The molecular weight excluding hydrogens is 374 g/mol. The van der Waals surface area contributed by atoms with Gasteiger partial charge in [-0.1, -0.05) is 30.3 Å². The number of amides is 2. The molecule has 9 nitrogen and oxygen atoms in total. The van der Waals surface area contributed by atoms with Crippen molar-refractivity contribution in [1.82, 2.24) is 15.2 Å². The molecule has 0 unspecified atom stereocenters. The van der Waals surface area contributed by atoms with Crippen LogP contribution in [0, 0.1) is 10.1 Å². The molecule has 2 amide bonds. The maximum atomic E-state index is 12.2. The highest BCUT2D eigenvalue weighted by molar-refractivity contribution is 6.35. The molecule has 3 rings (SSSR count). The normalized spacial score (nSPS) is 14.0. The van der Waals surface area contributed by atoms with E-state index in [9.17, 15) is 19.7 Å². The van der Waals surface area contributed by atoms with Crippen LogP contribution in [0.15, 0.2) is 42.5 Å². The van der Waals surface area contributed by atoms with Gasteiger partial charge < -0.3 is 15.1 Å². The van der Waals surface area contributed by atoms with E-state index in [1.54, 1.807) is 44.2 Å². The van der Waals surface area contributed by atoms with Crippen molar-refractivity contribution in [2.45, 2.75) is 19.9 Å². The molecule has 0 aliphatic carbocycles. The number of benzene rings is 1. The molecule has 0 saturated carbocycles. The molecule has 1 aliphatic heterocycles. The number of nitrogens with zero attached hydrogens (tertiary/aromatic N) is 4. The minimum Gasteiger partial charge on any atom is -0.353 e. The number of carbonyl (C=O) groups is 2. The van der Waals surface area contributed by atoms with Gasteiger partial charge in [0.05, 0.1) is 4.92 Å². The molecule has 1 saturated heterocycles. The molecule has 0 spiro atoms. The van der Waals surface area contributed by atoms with Gasteiger partial charge in [-0.2, -0.15) is 0 Å². The summed E-state index contributed by atoms with van der Waals surface area (Å²) in [5, 5.41) is 14.0. The molecule has 1 N–H and O–H groups in total. The highest BCUT2D eigenvalue weighted by Crippen LogP contribution is 2.30. The van der Waals surface area contributed by atoms with Crippen molar-refractivity contribution < 1.29 is 14.5 Å². The molecule has 29 heavy (non-hydrogen) atoms. The Kier molecular flexibility index (Phi) is 6.06. The second-order valence-electron chi connectivity index (χ2n) is 7.07. The number of anilines is 1. The second-order valence-corrected chi connectivity index (χ2v) is 7.07. The number of nitrogens with one attached hydrogen (secondary N) is 1. The molecule has 1 aromatic carbocycles. The fourth-order valence-corrected chi connectivity index (χ4v) is 3.18. The Bertz CT molecular complexity index is 908. The molecule has 0 bridgehead atoms. The Morgan fingerprint density at radius 1 is 1.07 bits per heavy atom. The Morgan fingerprint density at radius 3 is 2.31 bits per heavy atom. The summed E-state index contributed by atoms with van der Waals surface area (Å²) in [4.78, 5) is 43.1. The van der Waals surface area contributed by atoms with E-state index in [0.717, 1.165) is 0 Å². The molecule has 152 valence electrons. The Morgan fingerprint density at radius 2 is 1.72 bits per heavy atom. The van der Waals surface area contributed by atoms with Crippen molar-refractivity contribution in [3.8, 4) is 11.3 Å². The largest absolute Gasteiger partial charge is 0.353 e. The van der Waals surface area contributed by atoms with Crippen LogP contribution < -0.4 is 10.2 Å². The van der Waals surface area contributed by atoms with Crippen LogP contribution in [-0.4, -0.2) is 58.8 Å². The molecule has 1 fully saturated rings. The van der Waals surface area contributed by atoms with Gasteiger partial charge in [0.25, 0.3) is 5.69 Å². The smallest absolute Gasteiger partial charge is 0.312 e. The zero-order valence-electron chi connectivity index (χ0n) is 16.4. The first-order valence-corrected chi connectivity index (χ1v) is 9.42. The van der Waals surface area contributed by atoms with Crippen molar-refractivity contribution in [2.75, 3.05) is 31.1 Å². The SMILES string of the molecule is CC(C)NC(=O)C(=O)N1CCN(c2ccc([N+](=O)[O-])c(-c3ccccc3)n2)CC1. The molecule has 2 heterocycles. The molecular formula is C20H23N5O4. The van der Waals surface area contributed by atoms with Gasteiger partial charge in [0.15, 0.2) is 5.69 Å². The fraction of sp³-hybridized carbons (Fsp3) is 0.350. The number of pyridine rings is 1. The average molecular weight is 397 g/mol. The lowest BCUT2D eigenvalue weighted by Crippen LogP contribution is -2.53. The number of piperazine rings is 1. The van der Waals surface area contributed by atoms with Crippen LogP contribution in [-0.2, 0) is 9.59 Å². The van der Waals surface area contributed by atoms with E-state index in [1.165, 1.54) is 11.0 Å². The first kappa shape index (κ1) is 20.2. The number of nitro groups is 1. The topological polar surface area (TPSA) is 109 Å².